The Morgan fingerprint density at radius 1 is 1.21 bits per heavy atom. The van der Waals surface area contributed by atoms with Crippen LogP contribution in [0.2, 0.25) is 0 Å². The van der Waals surface area contributed by atoms with Gasteiger partial charge in [0.05, 0.1) is 0 Å². The second-order valence-corrected chi connectivity index (χ2v) is 7.23. The molecular formula is C21H26N2O. The van der Waals surface area contributed by atoms with Crippen LogP contribution in [0.15, 0.2) is 34.7 Å². The van der Waals surface area contributed by atoms with Gasteiger partial charge < -0.3 is 14.3 Å². The zero-order valence-corrected chi connectivity index (χ0v) is 14.9. The van der Waals surface area contributed by atoms with Gasteiger partial charge in [0, 0.05) is 55.0 Å². The molecule has 2 aromatic heterocycles. The van der Waals surface area contributed by atoms with E-state index in [4.69, 9.17) is 4.42 Å². The third-order valence-electron chi connectivity index (χ3n) is 5.12. The van der Waals surface area contributed by atoms with Gasteiger partial charge in [0.1, 0.15) is 11.5 Å². The van der Waals surface area contributed by atoms with Gasteiger partial charge in [-0.05, 0) is 36.8 Å². The van der Waals surface area contributed by atoms with E-state index in [1.54, 1.807) is 0 Å². The molecule has 0 fully saturated rings. The predicted molar refractivity (Wildman–Crippen MR) is 98.6 cm³/mol. The summed E-state index contributed by atoms with van der Waals surface area (Å²) in [5, 5.41) is 4.94. The highest BCUT2D eigenvalue weighted by atomic mass is 16.3. The summed E-state index contributed by atoms with van der Waals surface area (Å²) in [6, 6.07) is 11.1. The second-order valence-electron chi connectivity index (χ2n) is 7.23. The topological polar surface area (TPSA) is 30.1 Å². The van der Waals surface area contributed by atoms with Crippen LogP contribution < -0.4 is 5.32 Å². The van der Waals surface area contributed by atoms with Crippen molar-refractivity contribution in [2.45, 2.75) is 52.6 Å². The van der Waals surface area contributed by atoms with Crippen molar-refractivity contribution in [2.75, 3.05) is 6.54 Å². The number of nitrogens with zero attached hydrogens (tertiary/aromatic N) is 1. The zero-order valence-electron chi connectivity index (χ0n) is 14.9. The zero-order chi connectivity index (χ0) is 16.7. The molecule has 3 heteroatoms. The van der Waals surface area contributed by atoms with E-state index < -0.39 is 0 Å². The molecule has 0 saturated carbocycles. The minimum absolute atomic E-state index is 0.452. The molecule has 0 unspecified atom stereocenters. The lowest BCUT2D eigenvalue weighted by Crippen LogP contribution is -2.24. The molecule has 1 aromatic carbocycles. The number of benzene rings is 1. The number of aromatic nitrogens is 1. The molecule has 24 heavy (non-hydrogen) atoms. The molecule has 1 aliphatic heterocycles. The minimum Gasteiger partial charge on any atom is -0.466 e. The highest BCUT2D eigenvalue weighted by Crippen LogP contribution is 2.30. The normalized spacial score (nSPS) is 14.5. The van der Waals surface area contributed by atoms with Crippen LogP contribution in [-0.2, 0) is 25.9 Å². The van der Waals surface area contributed by atoms with Crippen LogP contribution in [0.25, 0.3) is 10.9 Å². The number of aryl methyl sites for hydroxylation is 3. The molecule has 3 nitrogen and oxygen atoms in total. The van der Waals surface area contributed by atoms with Gasteiger partial charge in [-0.1, -0.05) is 25.5 Å². The highest BCUT2D eigenvalue weighted by molar-refractivity contribution is 5.86. The summed E-state index contributed by atoms with van der Waals surface area (Å²) in [4.78, 5) is 0. The highest BCUT2D eigenvalue weighted by Gasteiger charge is 2.19. The summed E-state index contributed by atoms with van der Waals surface area (Å²) in [7, 11) is 0. The molecule has 4 rings (SSSR count). The van der Waals surface area contributed by atoms with Gasteiger partial charge >= 0.3 is 0 Å². The lowest BCUT2D eigenvalue weighted by atomic mass is 10.0. The Hall–Kier alpha value is -2.00. The molecule has 0 bridgehead atoms. The van der Waals surface area contributed by atoms with Gasteiger partial charge in [-0.2, -0.15) is 0 Å². The molecular weight excluding hydrogens is 296 g/mol. The van der Waals surface area contributed by atoms with Crippen molar-refractivity contribution in [3.05, 3.63) is 58.7 Å². The van der Waals surface area contributed by atoms with Crippen molar-refractivity contribution in [2.24, 2.45) is 0 Å². The largest absolute Gasteiger partial charge is 0.466 e. The van der Waals surface area contributed by atoms with E-state index >= 15 is 0 Å². The maximum Gasteiger partial charge on any atom is 0.106 e. The lowest BCUT2D eigenvalue weighted by Gasteiger charge is -2.17. The Morgan fingerprint density at radius 2 is 2.08 bits per heavy atom. The van der Waals surface area contributed by atoms with Crippen LogP contribution in [-0.4, -0.2) is 11.1 Å². The summed E-state index contributed by atoms with van der Waals surface area (Å²) in [5.41, 5.74) is 5.69. The average molecular weight is 322 g/mol. The smallest absolute Gasteiger partial charge is 0.106 e. The molecule has 0 atom stereocenters. The van der Waals surface area contributed by atoms with Gasteiger partial charge in [0.2, 0.25) is 0 Å². The van der Waals surface area contributed by atoms with E-state index in [1.165, 1.54) is 27.7 Å². The summed E-state index contributed by atoms with van der Waals surface area (Å²) >= 11 is 0. The molecule has 0 amide bonds. The number of furan rings is 1. The van der Waals surface area contributed by atoms with Gasteiger partial charge in [-0.3, -0.25) is 0 Å². The Kier molecular flexibility index (Phi) is 3.97. The molecule has 0 aliphatic carbocycles. The standard InChI is InChI=1S/C21H26N2O/c1-14(2)21-7-5-16(24-21)9-11-23-19-6-4-15(3)12-17(19)18-13-22-10-8-20(18)23/h4-7,12,14,22H,8-11,13H2,1-3H3. The second kappa shape index (κ2) is 6.14. The average Bonchev–Trinajstić information content (AvgIpc) is 3.16. The third-order valence-corrected chi connectivity index (χ3v) is 5.12. The van der Waals surface area contributed by atoms with Crippen LogP contribution >= 0.6 is 0 Å². The molecule has 0 radical (unpaired) electrons. The third kappa shape index (κ3) is 2.67. The molecule has 1 N–H and O–H groups in total. The van der Waals surface area contributed by atoms with E-state index in [0.717, 1.165) is 44.0 Å². The first-order chi connectivity index (χ1) is 11.6. The van der Waals surface area contributed by atoms with E-state index in [-0.39, 0.29) is 0 Å². The van der Waals surface area contributed by atoms with Crippen LogP contribution in [0.5, 0.6) is 0 Å². The van der Waals surface area contributed by atoms with E-state index in [0.29, 0.717) is 5.92 Å². The first-order valence-electron chi connectivity index (χ1n) is 9.03. The fourth-order valence-electron chi connectivity index (χ4n) is 3.81. The summed E-state index contributed by atoms with van der Waals surface area (Å²) in [5.74, 6) is 2.63. The number of hydrogen-bond donors (Lipinski definition) is 1. The summed E-state index contributed by atoms with van der Waals surface area (Å²) < 4.78 is 8.51. The predicted octanol–water partition coefficient (Wildman–Crippen LogP) is 4.55. The summed E-state index contributed by atoms with van der Waals surface area (Å²) in [6.45, 7) is 9.57. The minimum atomic E-state index is 0.452. The van der Waals surface area contributed by atoms with Crippen LogP contribution in [0.1, 0.15) is 48.1 Å². The fourth-order valence-corrected chi connectivity index (χ4v) is 3.81. The van der Waals surface area contributed by atoms with Gasteiger partial charge in [-0.15, -0.1) is 0 Å². The van der Waals surface area contributed by atoms with Crippen molar-refractivity contribution >= 4 is 10.9 Å². The number of fused-ring (bicyclic) bond motifs is 3. The lowest BCUT2D eigenvalue weighted by molar-refractivity contribution is 0.437. The number of hydrogen-bond acceptors (Lipinski definition) is 2. The van der Waals surface area contributed by atoms with Crippen molar-refractivity contribution in [3.63, 3.8) is 0 Å². The van der Waals surface area contributed by atoms with Crippen LogP contribution in [0.3, 0.4) is 0 Å². The molecule has 126 valence electrons. The summed E-state index contributed by atoms with van der Waals surface area (Å²) in [6.07, 6.45) is 2.06. The Morgan fingerprint density at radius 3 is 2.88 bits per heavy atom. The van der Waals surface area contributed by atoms with E-state index in [1.807, 2.05) is 0 Å². The van der Waals surface area contributed by atoms with Gasteiger partial charge in [0.15, 0.2) is 0 Å². The van der Waals surface area contributed by atoms with Crippen molar-refractivity contribution in [1.82, 2.24) is 9.88 Å². The van der Waals surface area contributed by atoms with Gasteiger partial charge in [-0.25, -0.2) is 0 Å². The van der Waals surface area contributed by atoms with Gasteiger partial charge in [0.25, 0.3) is 0 Å². The molecule has 0 saturated heterocycles. The van der Waals surface area contributed by atoms with Crippen LogP contribution in [0.4, 0.5) is 0 Å². The Bertz CT molecular complexity index is 869. The molecule has 3 heterocycles. The van der Waals surface area contributed by atoms with Crippen molar-refractivity contribution in [1.29, 1.82) is 0 Å². The number of nitrogens with one attached hydrogen (secondary N) is 1. The van der Waals surface area contributed by atoms with Crippen molar-refractivity contribution in [3.8, 4) is 0 Å². The molecule has 3 aromatic rings. The Labute approximate surface area is 143 Å². The molecule has 0 spiro atoms. The SMILES string of the molecule is Cc1ccc2c(c1)c1c(n2CCc2ccc(C(C)C)o2)CCNC1. The maximum atomic E-state index is 5.99. The quantitative estimate of drug-likeness (QED) is 0.763. The molecule has 1 aliphatic rings. The fraction of sp³-hybridized carbons (Fsp3) is 0.429. The van der Waals surface area contributed by atoms with Crippen molar-refractivity contribution < 1.29 is 4.42 Å². The van der Waals surface area contributed by atoms with Crippen LogP contribution in [0, 0.1) is 6.92 Å². The Balaban J connectivity index is 1.68. The first kappa shape index (κ1) is 15.5. The first-order valence-corrected chi connectivity index (χ1v) is 9.03. The monoisotopic (exact) mass is 322 g/mol. The van der Waals surface area contributed by atoms with E-state index in [9.17, 15) is 0 Å². The number of rotatable bonds is 4. The maximum absolute atomic E-state index is 5.99. The van der Waals surface area contributed by atoms with E-state index in [2.05, 4.69) is 61.0 Å².